The number of carboxylic acid groups (broad SMARTS) is 1. The Kier molecular flexibility index (Phi) is 3.46. The van der Waals surface area contributed by atoms with Gasteiger partial charge in [0, 0.05) is 7.11 Å². The van der Waals surface area contributed by atoms with Crippen LogP contribution in [0.3, 0.4) is 0 Å². The quantitative estimate of drug-likeness (QED) is 0.763. The molecule has 1 aromatic carbocycles. The van der Waals surface area contributed by atoms with Gasteiger partial charge in [-0.05, 0) is 5.56 Å². The first kappa shape index (κ1) is 9.74. The van der Waals surface area contributed by atoms with Gasteiger partial charge in [0.2, 0.25) is 0 Å². The van der Waals surface area contributed by atoms with Gasteiger partial charge in [-0.2, -0.15) is 0 Å². The van der Waals surface area contributed by atoms with Crippen LogP contribution in [0.2, 0.25) is 0 Å². The van der Waals surface area contributed by atoms with Gasteiger partial charge < -0.3 is 9.84 Å². The maximum Gasteiger partial charge on any atom is 0.313 e. The number of carboxylic acids is 1. The number of ether oxygens (including phenoxy) is 1. The summed E-state index contributed by atoms with van der Waals surface area (Å²) in [4.78, 5) is 10.8. The predicted molar refractivity (Wildman–Crippen MR) is 48.7 cm³/mol. The Morgan fingerprint density at radius 1 is 1.46 bits per heavy atom. The van der Waals surface area contributed by atoms with Crippen LogP contribution in [-0.4, -0.2) is 24.8 Å². The summed E-state index contributed by atoms with van der Waals surface area (Å²) in [6.45, 7) is 0.208. The molecule has 0 saturated carbocycles. The van der Waals surface area contributed by atoms with E-state index in [0.717, 1.165) is 5.56 Å². The molecule has 0 amide bonds. The average molecular weight is 180 g/mol. The van der Waals surface area contributed by atoms with Crippen molar-refractivity contribution in [2.45, 2.75) is 5.92 Å². The van der Waals surface area contributed by atoms with Crippen LogP contribution in [0.4, 0.5) is 0 Å². The Hall–Kier alpha value is -1.35. The van der Waals surface area contributed by atoms with Crippen molar-refractivity contribution in [1.82, 2.24) is 0 Å². The molecular weight excluding hydrogens is 168 g/mol. The van der Waals surface area contributed by atoms with Gasteiger partial charge in [0.1, 0.15) is 5.92 Å². The van der Waals surface area contributed by atoms with Crippen LogP contribution in [0.5, 0.6) is 0 Å². The van der Waals surface area contributed by atoms with Gasteiger partial charge in [-0.1, -0.05) is 30.3 Å². The molecule has 0 aliphatic rings. The van der Waals surface area contributed by atoms with Crippen molar-refractivity contribution in [3.8, 4) is 0 Å². The van der Waals surface area contributed by atoms with Gasteiger partial charge in [-0.3, -0.25) is 4.79 Å². The highest BCUT2D eigenvalue weighted by Crippen LogP contribution is 2.15. The molecule has 1 N–H and O–H groups in total. The van der Waals surface area contributed by atoms with Gasteiger partial charge in [-0.25, -0.2) is 0 Å². The van der Waals surface area contributed by atoms with Gasteiger partial charge in [-0.15, -0.1) is 0 Å². The summed E-state index contributed by atoms with van der Waals surface area (Å²) in [5, 5.41) is 8.88. The molecular formula is C10H12O3. The largest absolute Gasteiger partial charge is 0.481 e. The lowest BCUT2D eigenvalue weighted by atomic mass is 10.0. The molecule has 1 aromatic rings. The minimum absolute atomic E-state index is 0.208. The standard InChI is InChI=1S/C10H12O3/c1-13-7-9(10(11)12)8-5-3-2-4-6-8/h2-6,9H,7H2,1H3,(H,11,12)/t9-/m0/s1. The smallest absolute Gasteiger partial charge is 0.313 e. The molecule has 70 valence electrons. The predicted octanol–water partition coefficient (Wildman–Crippen LogP) is 1.50. The number of methoxy groups -OCH3 is 1. The molecule has 3 heteroatoms. The Labute approximate surface area is 77.0 Å². The highest BCUT2D eigenvalue weighted by Gasteiger charge is 2.18. The molecule has 1 rings (SSSR count). The molecule has 13 heavy (non-hydrogen) atoms. The van der Waals surface area contributed by atoms with E-state index < -0.39 is 11.9 Å². The van der Waals surface area contributed by atoms with Crippen molar-refractivity contribution in [1.29, 1.82) is 0 Å². The van der Waals surface area contributed by atoms with Crippen molar-refractivity contribution in [2.24, 2.45) is 0 Å². The number of aliphatic carboxylic acids is 1. The fourth-order valence-electron chi connectivity index (χ4n) is 1.16. The molecule has 0 aliphatic carbocycles. The molecule has 0 unspecified atom stereocenters. The monoisotopic (exact) mass is 180 g/mol. The third kappa shape index (κ3) is 2.56. The Morgan fingerprint density at radius 2 is 2.08 bits per heavy atom. The third-order valence-electron chi connectivity index (χ3n) is 1.83. The van der Waals surface area contributed by atoms with E-state index in [1.54, 1.807) is 12.1 Å². The van der Waals surface area contributed by atoms with Gasteiger partial charge in [0.05, 0.1) is 6.61 Å². The van der Waals surface area contributed by atoms with E-state index in [9.17, 15) is 4.79 Å². The SMILES string of the molecule is COC[C@H](C(=O)O)c1ccccc1. The van der Waals surface area contributed by atoms with Crippen LogP contribution < -0.4 is 0 Å². The van der Waals surface area contributed by atoms with Crippen LogP contribution >= 0.6 is 0 Å². The first-order valence-electron chi connectivity index (χ1n) is 4.02. The van der Waals surface area contributed by atoms with Gasteiger partial charge in [0.15, 0.2) is 0 Å². The lowest BCUT2D eigenvalue weighted by molar-refractivity contribution is -0.140. The van der Waals surface area contributed by atoms with E-state index in [-0.39, 0.29) is 6.61 Å². The molecule has 0 fully saturated rings. The van der Waals surface area contributed by atoms with Crippen molar-refractivity contribution < 1.29 is 14.6 Å². The van der Waals surface area contributed by atoms with E-state index in [4.69, 9.17) is 9.84 Å². The van der Waals surface area contributed by atoms with E-state index >= 15 is 0 Å². The second-order valence-electron chi connectivity index (χ2n) is 2.76. The molecule has 0 heterocycles. The van der Waals surface area contributed by atoms with Crippen LogP contribution in [0.15, 0.2) is 30.3 Å². The number of hydrogen-bond acceptors (Lipinski definition) is 2. The van der Waals surface area contributed by atoms with Crippen LogP contribution in [0.25, 0.3) is 0 Å². The van der Waals surface area contributed by atoms with E-state index in [1.807, 2.05) is 18.2 Å². The fraction of sp³-hybridized carbons (Fsp3) is 0.300. The topological polar surface area (TPSA) is 46.5 Å². The maximum absolute atomic E-state index is 10.8. The van der Waals surface area contributed by atoms with Crippen molar-refractivity contribution >= 4 is 5.97 Å². The maximum atomic E-state index is 10.8. The lowest BCUT2D eigenvalue weighted by Gasteiger charge is -2.10. The zero-order valence-corrected chi connectivity index (χ0v) is 7.43. The number of hydrogen-bond donors (Lipinski definition) is 1. The highest BCUT2D eigenvalue weighted by molar-refractivity contribution is 5.76. The molecule has 0 radical (unpaired) electrons. The van der Waals surface area contributed by atoms with Crippen LogP contribution in [0.1, 0.15) is 11.5 Å². The molecule has 0 saturated heterocycles. The molecule has 3 nitrogen and oxygen atoms in total. The number of rotatable bonds is 4. The highest BCUT2D eigenvalue weighted by atomic mass is 16.5. The molecule has 0 bridgehead atoms. The van der Waals surface area contributed by atoms with Gasteiger partial charge >= 0.3 is 5.97 Å². The van der Waals surface area contributed by atoms with E-state index in [1.165, 1.54) is 7.11 Å². The minimum atomic E-state index is -0.854. The van der Waals surface area contributed by atoms with E-state index in [0.29, 0.717) is 0 Å². The molecule has 1 atom stereocenters. The molecule has 0 spiro atoms. The second kappa shape index (κ2) is 4.62. The van der Waals surface area contributed by atoms with Crippen molar-refractivity contribution in [3.05, 3.63) is 35.9 Å². The fourth-order valence-corrected chi connectivity index (χ4v) is 1.16. The normalized spacial score (nSPS) is 12.4. The zero-order chi connectivity index (χ0) is 9.68. The van der Waals surface area contributed by atoms with Crippen LogP contribution in [-0.2, 0) is 9.53 Å². The van der Waals surface area contributed by atoms with Crippen LogP contribution in [0, 0.1) is 0 Å². The summed E-state index contributed by atoms with van der Waals surface area (Å²) in [7, 11) is 1.50. The molecule has 0 aromatic heterocycles. The number of carbonyl (C=O) groups is 1. The van der Waals surface area contributed by atoms with E-state index in [2.05, 4.69) is 0 Å². The summed E-state index contributed by atoms with van der Waals surface area (Å²) in [6, 6.07) is 9.08. The average Bonchev–Trinajstić information content (AvgIpc) is 2.15. The first-order chi connectivity index (χ1) is 6.25. The summed E-state index contributed by atoms with van der Waals surface area (Å²) in [5.74, 6) is -1.42. The van der Waals surface area contributed by atoms with Crippen molar-refractivity contribution in [2.75, 3.05) is 13.7 Å². The summed E-state index contributed by atoms with van der Waals surface area (Å²) in [5.41, 5.74) is 0.775. The Bertz CT molecular complexity index is 269. The second-order valence-corrected chi connectivity index (χ2v) is 2.76. The van der Waals surface area contributed by atoms with Gasteiger partial charge in [0.25, 0.3) is 0 Å². The minimum Gasteiger partial charge on any atom is -0.481 e. The zero-order valence-electron chi connectivity index (χ0n) is 7.43. The Balaban J connectivity index is 2.82. The first-order valence-corrected chi connectivity index (χ1v) is 4.02. The van der Waals surface area contributed by atoms with Crippen molar-refractivity contribution in [3.63, 3.8) is 0 Å². The number of benzene rings is 1. The molecule has 0 aliphatic heterocycles. The Morgan fingerprint density at radius 3 is 2.54 bits per heavy atom. The summed E-state index contributed by atoms with van der Waals surface area (Å²) >= 11 is 0. The lowest BCUT2D eigenvalue weighted by Crippen LogP contribution is -2.16. The third-order valence-corrected chi connectivity index (χ3v) is 1.83. The summed E-state index contributed by atoms with van der Waals surface area (Å²) in [6.07, 6.45) is 0. The summed E-state index contributed by atoms with van der Waals surface area (Å²) < 4.78 is 4.84.